The van der Waals surface area contributed by atoms with Gasteiger partial charge in [0.1, 0.15) is 23.7 Å². The lowest BCUT2D eigenvalue weighted by molar-refractivity contribution is 0.102. The van der Waals surface area contributed by atoms with E-state index in [4.69, 9.17) is 9.84 Å². The molecule has 0 aliphatic heterocycles. The Morgan fingerprint density at radius 1 is 1.32 bits per heavy atom. The molecule has 0 bridgehead atoms. The van der Waals surface area contributed by atoms with E-state index in [1.165, 1.54) is 22.3 Å². The third-order valence-electron chi connectivity index (χ3n) is 3.62. The number of rotatable bonds is 6. The maximum atomic E-state index is 12.8. The van der Waals surface area contributed by atoms with Gasteiger partial charge in [0.25, 0.3) is 5.91 Å². The molecule has 3 rings (SSSR count). The van der Waals surface area contributed by atoms with Crippen molar-refractivity contribution in [2.45, 2.75) is 13.8 Å². The van der Waals surface area contributed by atoms with Crippen molar-refractivity contribution in [3.8, 4) is 10.8 Å². The van der Waals surface area contributed by atoms with Crippen LogP contribution < -0.4 is 10.1 Å². The summed E-state index contributed by atoms with van der Waals surface area (Å²) in [5, 5.41) is 23.5. The normalized spacial score (nSPS) is 10.7. The van der Waals surface area contributed by atoms with Gasteiger partial charge in [-0.15, -0.1) is 16.4 Å². The topological polar surface area (TPSA) is 102 Å². The van der Waals surface area contributed by atoms with E-state index in [9.17, 15) is 4.79 Å². The highest BCUT2D eigenvalue weighted by Crippen LogP contribution is 2.31. The van der Waals surface area contributed by atoms with Crippen LogP contribution >= 0.6 is 11.3 Å². The number of hydrogen-bond donors (Lipinski definition) is 2. The summed E-state index contributed by atoms with van der Waals surface area (Å²) >= 11 is 1.47. The van der Waals surface area contributed by atoms with Gasteiger partial charge in [0.2, 0.25) is 0 Å². The largest absolute Gasteiger partial charge is 0.491 e. The Kier molecular flexibility index (Phi) is 5.05. The zero-order chi connectivity index (χ0) is 17.8. The van der Waals surface area contributed by atoms with Crippen molar-refractivity contribution < 1.29 is 14.6 Å². The van der Waals surface area contributed by atoms with Gasteiger partial charge in [-0.25, -0.2) is 0 Å². The lowest BCUT2D eigenvalue weighted by atomic mass is 10.1. The second-order valence-corrected chi connectivity index (χ2v) is 6.47. The minimum Gasteiger partial charge on any atom is -0.491 e. The van der Waals surface area contributed by atoms with Crippen LogP contribution in [-0.4, -0.2) is 44.4 Å². The molecule has 3 aromatic rings. The van der Waals surface area contributed by atoms with E-state index in [-0.39, 0.29) is 19.1 Å². The predicted molar refractivity (Wildman–Crippen MR) is 93.5 cm³/mol. The molecule has 25 heavy (non-hydrogen) atoms. The third kappa shape index (κ3) is 3.67. The van der Waals surface area contributed by atoms with Crippen molar-refractivity contribution in [2.24, 2.45) is 0 Å². The van der Waals surface area contributed by atoms with Gasteiger partial charge in [0.05, 0.1) is 12.2 Å². The van der Waals surface area contributed by atoms with Gasteiger partial charge in [-0.05, 0) is 54.1 Å². The number of aliphatic hydroxyl groups is 1. The Morgan fingerprint density at radius 2 is 2.08 bits per heavy atom. The Bertz CT molecular complexity index is 859. The van der Waals surface area contributed by atoms with Crippen molar-refractivity contribution in [3.63, 3.8) is 0 Å². The molecule has 0 aliphatic rings. The number of aliphatic hydroxyl groups excluding tert-OH is 1. The summed E-state index contributed by atoms with van der Waals surface area (Å²) in [7, 11) is 0. The Morgan fingerprint density at radius 3 is 2.72 bits per heavy atom. The number of nitrogens with zero attached hydrogens (tertiary/aromatic N) is 4. The zero-order valence-electron chi connectivity index (χ0n) is 13.8. The molecule has 0 spiro atoms. The number of carbonyl (C=O) groups is 1. The molecule has 0 fully saturated rings. The van der Waals surface area contributed by atoms with Gasteiger partial charge < -0.3 is 15.2 Å². The molecule has 0 atom stereocenters. The fourth-order valence-electron chi connectivity index (χ4n) is 2.28. The van der Waals surface area contributed by atoms with E-state index in [1.807, 2.05) is 13.8 Å². The molecule has 8 nitrogen and oxygen atoms in total. The lowest BCUT2D eigenvalue weighted by Crippen LogP contribution is -2.15. The van der Waals surface area contributed by atoms with Gasteiger partial charge >= 0.3 is 0 Å². The summed E-state index contributed by atoms with van der Waals surface area (Å²) in [5.41, 5.74) is 2.10. The van der Waals surface area contributed by atoms with Crippen LogP contribution in [0.1, 0.15) is 20.8 Å². The first-order valence-corrected chi connectivity index (χ1v) is 8.40. The first-order valence-electron chi connectivity index (χ1n) is 7.58. The van der Waals surface area contributed by atoms with Gasteiger partial charge in [-0.1, -0.05) is 0 Å². The van der Waals surface area contributed by atoms with Crippen LogP contribution in [0, 0.1) is 13.8 Å². The molecule has 1 amide bonds. The second-order valence-electron chi connectivity index (χ2n) is 5.27. The standard InChI is InChI=1S/C16H17N5O3S/c1-10-11(2)25-16(21-9-17-19-20-21)14(10)15(23)18-12-3-5-13(6-4-12)24-8-7-22/h3-6,9,22H,7-8H2,1-2H3,(H,18,23). The number of aromatic nitrogens is 4. The monoisotopic (exact) mass is 359 g/mol. The van der Waals surface area contributed by atoms with E-state index in [1.54, 1.807) is 24.3 Å². The highest BCUT2D eigenvalue weighted by atomic mass is 32.1. The van der Waals surface area contributed by atoms with Gasteiger partial charge in [-0.2, -0.15) is 4.68 Å². The van der Waals surface area contributed by atoms with Crippen LogP contribution in [-0.2, 0) is 0 Å². The van der Waals surface area contributed by atoms with Crippen LogP contribution in [0.15, 0.2) is 30.6 Å². The van der Waals surface area contributed by atoms with E-state index in [0.29, 0.717) is 22.0 Å². The second kappa shape index (κ2) is 7.41. The highest BCUT2D eigenvalue weighted by Gasteiger charge is 2.21. The molecular formula is C16H17N5O3S. The molecule has 0 unspecified atom stereocenters. The number of ether oxygens (including phenoxy) is 1. The van der Waals surface area contributed by atoms with Gasteiger partial charge in [-0.3, -0.25) is 4.79 Å². The Balaban J connectivity index is 1.82. The fourth-order valence-corrected chi connectivity index (χ4v) is 3.35. The number of nitrogens with one attached hydrogen (secondary N) is 1. The Labute approximate surface area is 148 Å². The van der Waals surface area contributed by atoms with Crippen LogP contribution in [0.25, 0.3) is 5.00 Å². The maximum Gasteiger partial charge on any atom is 0.259 e. The summed E-state index contributed by atoms with van der Waals surface area (Å²) in [6, 6.07) is 6.96. The lowest BCUT2D eigenvalue weighted by Gasteiger charge is -2.09. The van der Waals surface area contributed by atoms with Crippen LogP contribution in [0.4, 0.5) is 5.69 Å². The molecule has 2 aromatic heterocycles. The molecule has 0 aliphatic carbocycles. The van der Waals surface area contributed by atoms with Crippen molar-refractivity contribution in [3.05, 3.63) is 46.6 Å². The van der Waals surface area contributed by atoms with Crippen LogP contribution in [0.5, 0.6) is 5.75 Å². The molecule has 2 heterocycles. The number of aryl methyl sites for hydroxylation is 1. The molecule has 0 saturated carbocycles. The molecule has 130 valence electrons. The molecule has 0 radical (unpaired) electrons. The number of benzene rings is 1. The van der Waals surface area contributed by atoms with E-state index in [0.717, 1.165) is 10.4 Å². The number of thiophene rings is 1. The summed E-state index contributed by atoms with van der Waals surface area (Å²) in [6.07, 6.45) is 1.47. The zero-order valence-corrected chi connectivity index (χ0v) is 14.6. The first-order chi connectivity index (χ1) is 12.1. The number of amides is 1. The van der Waals surface area contributed by atoms with E-state index >= 15 is 0 Å². The average molecular weight is 359 g/mol. The van der Waals surface area contributed by atoms with E-state index in [2.05, 4.69) is 20.8 Å². The summed E-state index contributed by atoms with van der Waals surface area (Å²) in [6.45, 7) is 4.04. The quantitative estimate of drug-likeness (QED) is 0.698. The summed E-state index contributed by atoms with van der Waals surface area (Å²) in [4.78, 5) is 13.8. The number of anilines is 1. The minimum atomic E-state index is -0.226. The van der Waals surface area contributed by atoms with Gasteiger partial charge in [0, 0.05) is 10.6 Å². The number of hydrogen-bond acceptors (Lipinski definition) is 7. The van der Waals surface area contributed by atoms with E-state index < -0.39 is 0 Å². The van der Waals surface area contributed by atoms with Crippen molar-refractivity contribution >= 4 is 22.9 Å². The highest BCUT2D eigenvalue weighted by molar-refractivity contribution is 7.15. The fraction of sp³-hybridized carbons (Fsp3) is 0.250. The molecule has 1 aromatic carbocycles. The number of tetrazole rings is 1. The first kappa shape index (κ1) is 17.1. The summed E-state index contributed by atoms with van der Waals surface area (Å²) in [5.74, 6) is 0.403. The average Bonchev–Trinajstić information content (AvgIpc) is 3.23. The maximum absolute atomic E-state index is 12.8. The third-order valence-corrected chi connectivity index (χ3v) is 4.82. The molecule has 0 saturated heterocycles. The molecular weight excluding hydrogens is 342 g/mol. The molecule has 2 N–H and O–H groups in total. The Hall–Kier alpha value is -2.78. The van der Waals surface area contributed by atoms with Gasteiger partial charge in [0.15, 0.2) is 0 Å². The van der Waals surface area contributed by atoms with Crippen molar-refractivity contribution in [1.82, 2.24) is 20.2 Å². The SMILES string of the molecule is Cc1sc(-n2cnnn2)c(C(=O)Nc2ccc(OCCO)cc2)c1C. The minimum absolute atomic E-state index is 0.0464. The summed E-state index contributed by atoms with van der Waals surface area (Å²) < 4.78 is 6.80. The predicted octanol–water partition coefficient (Wildman–Crippen LogP) is 1.96. The van der Waals surface area contributed by atoms with Crippen LogP contribution in [0.3, 0.4) is 0 Å². The smallest absolute Gasteiger partial charge is 0.259 e. The molecule has 9 heteroatoms. The van der Waals surface area contributed by atoms with Crippen molar-refractivity contribution in [1.29, 1.82) is 0 Å². The number of carbonyl (C=O) groups excluding carboxylic acids is 1. The van der Waals surface area contributed by atoms with Crippen LogP contribution in [0.2, 0.25) is 0 Å². The van der Waals surface area contributed by atoms with Crippen molar-refractivity contribution in [2.75, 3.05) is 18.5 Å².